The van der Waals surface area contributed by atoms with Crippen LogP contribution in [0.5, 0.6) is 0 Å². The van der Waals surface area contributed by atoms with Crippen LogP contribution in [0.4, 0.5) is 11.6 Å². The Kier molecular flexibility index (Phi) is 5.25. The van der Waals surface area contributed by atoms with Crippen LogP contribution in [0.2, 0.25) is 5.02 Å². The maximum Gasteiger partial charge on any atom is 0.284 e. The molecule has 29 heavy (non-hydrogen) atoms. The lowest BCUT2D eigenvalue weighted by molar-refractivity contribution is 0.682. The van der Waals surface area contributed by atoms with Gasteiger partial charge in [0.05, 0.1) is 17.3 Å². The summed E-state index contributed by atoms with van der Waals surface area (Å²) in [5.41, 5.74) is 6.71. The van der Waals surface area contributed by atoms with Crippen LogP contribution in [0.3, 0.4) is 0 Å². The van der Waals surface area contributed by atoms with E-state index in [1.807, 2.05) is 42.2 Å². The molecule has 0 unspecified atom stereocenters. The normalized spacial score (nSPS) is 11.1. The molecule has 10 heteroatoms. The number of fused-ring (bicyclic) bond motifs is 1. The van der Waals surface area contributed by atoms with Gasteiger partial charge in [-0.3, -0.25) is 9.36 Å². The molecule has 3 aromatic heterocycles. The van der Waals surface area contributed by atoms with Gasteiger partial charge in [-0.2, -0.15) is 5.10 Å². The van der Waals surface area contributed by atoms with Crippen molar-refractivity contribution in [1.82, 2.24) is 24.1 Å². The van der Waals surface area contributed by atoms with E-state index in [0.717, 1.165) is 0 Å². The molecule has 8 nitrogen and oxygen atoms in total. The topological polar surface area (TPSA) is 94.3 Å². The number of hydrogen-bond donors (Lipinski definition) is 1. The van der Waals surface area contributed by atoms with Gasteiger partial charge in [0.2, 0.25) is 0 Å². The Labute approximate surface area is 179 Å². The first kappa shape index (κ1) is 19.4. The lowest BCUT2D eigenvalue weighted by Crippen LogP contribution is -2.32. The highest BCUT2D eigenvalue weighted by molar-refractivity contribution is 9.10. The van der Waals surface area contributed by atoms with Crippen molar-refractivity contribution in [2.45, 2.75) is 13.5 Å². The van der Waals surface area contributed by atoms with Crippen molar-refractivity contribution in [1.29, 1.82) is 0 Å². The third kappa shape index (κ3) is 3.47. The molecule has 4 aromatic rings. The molecule has 0 amide bonds. The average Bonchev–Trinajstić information content (AvgIpc) is 3.10. The van der Waals surface area contributed by atoms with E-state index in [1.54, 1.807) is 16.8 Å². The Morgan fingerprint density at radius 3 is 2.69 bits per heavy atom. The molecule has 0 bridgehead atoms. The van der Waals surface area contributed by atoms with Crippen molar-refractivity contribution in [3.63, 3.8) is 0 Å². The molecule has 0 fully saturated rings. The fourth-order valence-corrected chi connectivity index (χ4v) is 3.80. The molecule has 0 atom stereocenters. The summed E-state index contributed by atoms with van der Waals surface area (Å²) in [7, 11) is 0. The van der Waals surface area contributed by atoms with Gasteiger partial charge in [-0.25, -0.2) is 14.5 Å². The second-order valence-electron chi connectivity index (χ2n) is 6.26. The largest absolute Gasteiger partial charge is 0.383 e. The third-order valence-electron chi connectivity index (χ3n) is 4.53. The van der Waals surface area contributed by atoms with Gasteiger partial charge >= 0.3 is 0 Å². The van der Waals surface area contributed by atoms with Crippen LogP contribution in [0.15, 0.2) is 58.2 Å². The summed E-state index contributed by atoms with van der Waals surface area (Å²) >= 11 is 9.69. The van der Waals surface area contributed by atoms with Gasteiger partial charge in [0.25, 0.3) is 5.56 Å². The second kappa shape index (κ2) is 7.84. The fourth-order valence-electron chi connectivity index (χ4n) is 3.12. The summed E-state index contributed by atoms with van der Waals surface area (Å²) < 4.78 is 3.68. The highest BCUT2D eigenvalue weighted by atomic mass is 79.9. The molecule has 148 valence electrons. The molecule has 0 spiro atoms. The lowest BCUT2D eigenvalue weighted by Gasteiger charge is -2.24. The molecule has 2 N–H and O–H groups in total. The number of anilines is 2. The summed E-state index contributed by atoms with van der Waals surface area (Å²) in [6, 6.07) is 11.0. The summed E-state index contributed by atoms with van der Waals surface area (Å²) in [4.78, 5) is 23.6. The SMILES string of the molecule is CCN(Cc1nn2ccc(Cl)c2c(=O)n1-c1ccccc1)c1ncnc(N)c1Br. The van der Waals surface area contributed by atoms with E-state index in [4.69, 9.17) is 17.3 Å². The maximum absolute atomic E-state index is 13.3. The highest BCUT2D eigenvalue weighted by Crippen LogP contribution is 2.28. The minimum atomic E-state index is -0.242. The van der Waals surface area contributed by atoms with Crippen molar-refractivity contribution >= 4 is 44.7 Å². The van der Waals surface area contributed by atoms with Crippen molar-refractivity contribution < 1.29 is 0 Å². The lowest BCUT2D eigenvalue weighted by atomic mass is 10.3. The fraction of sp³-hybridized carbons (Fsp3) is 0.158. The van der Waals surface area contributed by atoms with Crippen LogP contribution in [-0.4, -0.2) is 30.7 Å². The average molecular weight is 475 g/mol. The third-order valence-corrected chi connectivity index (χ3v) is 5.60. The van der Waals surface area contributed by atoms with Gasteiger partial charge in [0.15, 0.2) is 5.82 Å². The zero-order valence-corrected chi connectivity index (χ0v) is 17.8. The van der Waals surface area contributed by atoms with E-state index in [9.17, 15) is 4.79 Å². The van der Waals surface area contributed by atoms with Gasteiger partial charge in [-0.1, -0.05) is 29.8 Å². The summed E-state index contributed by atoms with van der Waals surface area (Å²) in [5, 5.41) is 5.02. The molecule has 0 aliphatic heterocycles. The Balaban J connectivity index is 1.90. The van der Waals surface area contributed by atoms with E-state index in [-0.39, 0.29) is 5.56 Å². The van der Waals surface area contributed by atoms with Crippen molar-refractivity contribution in [3.8, 4) is 5.69 Å². The van der Waals surface area contributed by atoms with Crippen molar-refractivity contribution in [2.75, 3.05) is 17.2 Å². The van der Waals surface area contributed by atoms with Crippen LogP contribution in [0.1, 0.15) is 12.7 Å². The van der Waals surface area contributed by atoms with E-state index in [2.05, 4.69) is 31.0 Å². The van der Waals surface area contributed by atoms with E-state index in [1.165, 1.54) is 10.8 Å². The second-order valence-corrected chi connectivity index (χ2v) is 7.46. The van der Waals surface area contributed by atoms with Gasteiger partial charge in [-0.15, -0.1) is 0 Å². The molecule has 4 rings (SSSR count). The number of halogens is 2. The maximum atomic E-state index is 13.3. The van der Waals surface area contributed by atoms with Crippen LogP contribution in [0, 0.1) is 0 Å². The monoisotopic (exact) mass is 473 g/mol. The van der Waals surface area contributed by atoms with Crippen LogP contribution < -0.4 is 16.2 Å². The molecule has 0 saturated heterocycles. The molecule has 0 saturated carbocycles. The number of nitrogens with two attached hydrogens (primary N) is 1. The number of rotatable bonds is 5. The predicted molar refractivity (Wildman–Crippen MR) is 117 cm³/mol. The molecule has 1 aromatic carbocycles. The van der Waals surface area contributed by atoms with Crippen LogP contribution in [0.25, 0.3) is 11.2 Å². The quantitative estimate of drug-likeness (QED) is 0.477. The van der Waals surface area contributed by atoms with E-state index in [0.29, 0.717) is 51.2 Å². The van der Waals surface area contributed by atoms with Gasteiger partial charge < -0.3 is 10.6 Å². The van der Waals surface area contributed by atoms with Gasteiger partial charge in [-0.05, 0) is 41.1 Å². The van der Waals surface area contributed by atoms with Crippen LogP contribution >= 0.6 is 27.5 Å². The molecule has 0 aliphatic rings. The number of nitrogen functional groups attached to an aromatic ring is 1. The minimum absolute atomic E-state index is 0.242. The zero-order valence-electron chi connectivity index (χ0n) is 15.5. The number of hydrogen-bond acceptors (Lipinski definition) is 6. The summed E-state index contributed by atoms with van der Waals surface area (Å²) in [5.74, 6) is 1.50. The standard InChI is InChI=1S/C19H17BrClN7O/c1-2-26(18-15(20)17(22)23-11-24-18)10-14-25-27-9-8-13(21)16(27)19(29)28(14)12-6-4-3-5-7-12/h3-9,11H,2,10H2,1H3,(H2,22,23,24). The first-order valence-electron chi connectivity index (χ1n) is 8.86. The zero-order chi connectivity index (χ0) is 20.5. The molecular weight excluding hydrogens is 458 g/mol. The molecule has 3 heterocycles. The van der Waals surface area contributed by atoms with E-state index < -0.39 is 0 Å². The van der Waals surface area contributed by atoms with Crippen molar-refractivity contribution in [3.05, 3.63) is 74.6 Å². The minimum Gasteiger partial charge on any atom is -0.383 e. The Morgan fingerprint density at radius 1 is 1.21 bits per heavy atom. The molecule has 0 radical (unpaired) electrons. The molecule has 0 aliphatic carbocycles. The Bertz CT molecular complexity index is 1240. The Hall–Kier alpha value is -2.91. The molecular formula is C19H17BrClN7O. The Morgan fingerprint density at radius 2 is 1.97 bits per heavy atom. The predicted octanol–water partition coefficient (Wildman–Crippen LogP) is 3.30. The number of benzene rings is 1. The van der Waals surface area contributed by atoms with Gasteiger partial charge in [0.1, 0.15) is 28.0 Å². The van der Waals surface area contributed by atoms with Crippen LogP contribution in [-0.2, 0) is 6.54 Å². The first-order chi connectivity index (χ1) is 14.0. The number of para-hydroxylation sites is 1. The number of aromatic nitrogens is 5. The summed E-state index contributed by atoms with van der Waals surface area (Å²) in [6.07, 6.45) is 3.08. The number of nitrogens with zero attached hydrogens (tertiary/aromatic N) is 6. The smallest absolute Gasteiger partial charge is 0.284 e. The van der Waals surface area contributed by atoms with Crippen molar-refractivity contribution in [2.24, 2.45) is 0 Å². The summed E-state index contributed by atoms with van der Waals surface area (Å²) in [6.45, 7) is 2.92. The first-order valence-corrected chi connectivity index (χ1v) is 10.0. The van der Waals surface area contributed by atoms with E-state index >= 15 is 0 Å². The van der Waals surface area contributed by atoms with Gasteiger partial charge in [0, 0.05) is 12.7 Å². The highest BCUT2D eigenvalue weighted by Gasteiger charge is 2.20.